The molecule has 0 spiro atoms. The van der Waals surface area contributed by atoms with E-state index in [9.17, 15) is 13.2 Å². The molecule has 2 aliphatic heterocycles. The molecule has 3 aromatic carbocycles. The van der Waals surface area contributed by atoms with Gasteiger partial charge >= 0.3 is 16.1 Å². The predicted octanol–water partition coefficient (Wildman–Crippen LogP) is 3.27. The number of benzene rings is 3. The largest absolute Gasteiger partial charge is 0.497 e. The predicted molar refractivity (Wildman–Crippen MR) is 147 cm³/mol. The van der Waals surface area contributed by atoms with Gasteiger partial charge in [0.15, 0.2) is 11.5 Å². The molecule has 1 atom stereocenters. The smallest absolute Gasteiger partial charge is 0.345 e. The number of carbonyl (C=O) groups excluding carboxylic acids is 1. The van der Waals surface area contributed by atoms with Crippen molar-refractivity contribution < 1.29 is 26.9 Å². The highest BCUT2D eigenvalue weighted by molar-refractivity contribution is 7.86. The van der Waals surface area contributed by atoms with Crippen molar-refractivity contribution in [2.24, 2.45) is 15.7 Å². The molecule has 39 heavy (non-hydrogen) atoms. The third-order valence-electron chi connectivity index (χ3n) is 6.52. The molecule has 0 fully saturated rings. The number of nitrogens with zero attached hydrogens (tertiary/aromatic N) is 3. The van der Waals surface area contributed by atoms with Gasteiger partial charge in [-0.05, 0) is 59.0 Å². The highest BCUT2D eigenvalue weighted by Crippen LogP contribution is 2.43. The van der Waals surface area contributed by atoms with Crippen molar-refractivity contribution in [3.63, 3.8) is 0 Å². The minimum Gasteiger partial charge on any atom is -0.497 e. The van der Waals surface area contributed by atoms with E-state index >= 15 is 0 Å². The first-order chi connectivity index (χ1) is 18.7. The van der Waals surface area contributed by atoms with Crippen LogP contribution in [-0.4, -0.2) is 57.2 Å². The molecule has 0 amide bonds. The van der Waals surface area contributed by atoms with Crippen LogP contribution >= 0.6 is 0 Å². The first-order valence-electron chi connectivity index (χ1n) is 12.3. The van der Waals surface area contributed by atoms with Gasteiger partial charge in [0.1, 0.15) is 17.3 Å². The topological polar surface area (TPSA) is 133 Å². The van der Waals surface area contributed by atoms with Gasteiger partial charge in [-0.25, -0.2) is 4.99 Å². The summed E-state index contributed by atoms with van der Waals surface area (Å²) in [7, 11) is -2.50. The van der Waals surface area contributed by atoms with Gasteiger partial charge in [-0.1, -0.05) is 42.5 Å². The van der Waals surface area contributed by atoms with Crippen LogP contribution in [-0.2, 0) is 25.2 Å². The summed E-state index contributed by atoms with van der Waals surface area (Å²) in [5.74, 6) is 0.304. The molecule has 1 unspecified atom stereocenters. The number of aliphatic imine (C=N–C) groups is 2. The Morgan fingerprint density at radius 3 is 2.44 bits per heavy atom. The molecule has 10 nitrogen and oxygen atoms in total. The lowest BCUT2D eigenvalue weighted by Crippen LogP contribution is -2.46. The number of amidine groups is 1. The second-order valence-corrected chi connectivity index (χ2v) is 10.6. The van der Waals surface area contributed by atoms with Crippen LogP contribution in [0.25, 0.3) is 11.1 Å². The van der Waals surface area contributed by atoms with Crippen molar-refractivity contribution in [2.75, 3.05) is 26.1 Å². The Balaban J connectivity index is 1.58. The molecule has 3 aromatic rings. The van der Waals surface area contributed by atoms with E-state index < -0.39 is 27.6 Å². The van der Waals surface area contributed by atoms with Crippen molar-refractivity contribution in [1.82, 2.24) is 4.90 Å². The normalized spacial score (nSPS) is 18.6. The van der Waals surface area contributed by atoms with E-state index in [0.717, 1.165) is 41.3 Å². The molecule has 0 saturated carbocycles. The Kier molecular flexibility index (Phi) is 7.00. The Morgan fingerprint density at radius 1 is 1.00 bits per heavy atom. The van der Waals surface area contributed by atoms with E-state index in [1.165, 1.54) is 12.1 Å². The summed E-state index contributed by atoms with van der Waals surface area (Å²) in [6.07, 6.45) is 0.854. The molecule has 202 valence electrons. The van der Waals surface area contributed by atoms with E-state index in [4.69, 9.17) is 24.6 Å². The fourth-order valence-corrected chi connectivity index (χ4v) is 5.54. The standard InChI is InChI=1S/C28H28N4O6S/c1-19(33)37-18-39(34,35)38-24-12-10-22(11-13-24)28(26-30-14-5-15-32(26)27(29)31-28)23-8-3-6-20(16-23)21-7-4-9-25(17-21)36-2/h3-4,6-13,16-17H,5,14-15,18H2,1-2H3,(H2,29,31). The average Bonchev–Trinajstić information content (AvgIpc) is 3.25. The lowest BCUT2D eigenvalue weighted by Gasteiger charge is -2.33. The van der Waals surface area contributed by atoms with Crippen LogP contribution in [0, 0.1) is 0 Å². The highest BCUT2D eigenvalue weighted by atomic mass is 32.2. The second kappa shape index (κ2) is 10.4. The maximum Gasteiger partial charge on any atom is 0.345 e. The molecule has 5 rings (SSSR count). The summed E-state index contributed by atoms with van der Waals surface area (Å²) in [5, 5.41) is 0. The van der Waals surface area contributed by atoms with Gasteiger partial charge in [-0.3, -0.25) is 14.7 Å². The first kappa shape index (κ1) is 26.2. The molecular formula is C28H28N4O6S. The van der Waals surface area contributed by atoms with Crippen molar-refractivity contribution in [2.45, 2.75) is 18.9 Å². The Hall–Kier alpha value is -4.38. The van der Waals surface area contributed by atoms with Crippen LogP contribution < -0.4 is 14.7 Å². The van der Waals surface area contributed by atoms with Gasteiger partial charge in [-0.2, -0.15) is 8.42 Å². The quantitative estimate of drug-likeness (QED) is 0.335. The van der Waals surface area contributed by atoms with Gasteiger partial charge in [0.25, 0.3) is 0 Å². The van der Waals surface area contributed by atoms with E-state index in [1.807, 2.05) is 47.4 Å². The van der Waals surface area contributed by atoms with Crippen molar-refractivity contribution >= 4 is 27.9 Å². The molecule has 0 aliphatic carbocycles. The van der Waals surface area contributed by atoms with Crippen molar-refractivity contribution in [1.29, 1.82) is 0 Å². The number of methoxy groups -OCH3 is 1. The molecule has 2 N–H and O–H groups in total. The second-order valence-electron chi connectivity index (χ2n) is 9.12. The molecule has 0 saturated heterocycles. The minimum absolute atomic E-state index is 0.0728. The molecule has 0 radical (unpaired) electrons. The van der Waals surface area contributed by atoms with Gasteiger partial charge in [0, 0.05) is 20.0 Å². The molecule has 2 heterocycles. The fourth-order valence-electron chi connectivity index (χ4n) is 4.78. The summed E-state index contributed by atoms with van der Waals surface area (Å²) >= 11 is 0. The summed E-state index contributed by atoms with van der Waals surface area (Å²) < 4.78 is 39.5. The van der Waals surface area contributed by atoms with E-state index in [0.29, 0.717) is 24.9 Å². The molecule has 0 bridgehead atoms. The van der Waals surface area contributed by atoms with Crippen LogP contribution in [0.3, 0.4) is 0 Å². The Bertz CT molecular complexity index is 1570. The first-order valence-corrected chi connectivity index (χ1v) is 13.9. The summed E-state index contributed by atoms with van der Waals surface area (Å²) in [6, 6.07) is 22.4. The number of esters is 1. The van der Waals surface area contributed by atoms with Crippen LogP contribution in [0.5, 0.6) is 11.5 Å². The van der Waals surface area contributed by atoms with E-state index in [2.05, 4.69) is 10.8 Å². The third-order valence-corrected chi connectivity index (χ3v) is 7.38. The summed E-state index contributed by atoms with van der Waals surface area (Å²) in [6.45, 7) is 2.46. The lowest BCUT2D eigenvalue weighted by molar-refractivity contribution is -0.139. The van der Waals surface area contributed by atoms with E-state index in [-0.39, 0.29) is 5.75 Å². The van der Waals surface area contributed by atoms with Gasteiger partial charge < -0.3 is 19.4 Å². The SMILES string of the molecule is COc1cccc(-c2cccc(C3(c4ccc(OS(=O)(=O)COC(C)=O)cc4)N=C(N)N4CCCN=C43)c2)c1. The van der Waals surface area contributed by atoms with Gasteiger partial charge in [-0.15, -0.1) is 0 Å². The molecule has 2 aliphatic rings. The Morgan fingerprint density at radius 2 is 1.72 bits per heavy atom. The van der Waals surface area contributed by atoms with Crippen LogP contribution in [0.15, 0.2) is 82.8 Å². The molecule has 11 heteroatoms. The fraction of sp³-hybridized carbons (Fsp3) is 0.250. The Labute approximate surface area is 226 Å². The third kappa shape index (κ3) is 5.17. The zero-order chi connectivity index (χ0) is 27.6. The number of guanidine groups is 1. The van der Waals surface area contributed by atoms with E-state index in [1.54, 1.807) is 19.2 Å². The monoisotopic (exact) mass is 548 g/mol. The van der Waals surface area contributed by atoms with Gasteiger partial charge in [0.2, 0.25) is 5.94 Å². The van der Waals surface area contributed by atoms with Crippen LogP contribution in [0.1, 0.15) is 24.5 Å². The zero-order valence-electron chi connectivity index (χ0n) is 21.5. The molecule has 0 aromatic heterocycles. The number of carbonyl (C=O) groups is 1. The maximum absolute atomic E-state index is 12.2. The number of hydrogen-bond acceptors (Lipinski definition) is 10. The van der Waals surface area contributed by atoms with Crippen LogP contribution in [0.4, 0.5) is 0 Å². The number of rotatable bonds is 8. The number of fused-ring (bicyclic) bond motifs is 1. The van der Waals surface area contributed by atoms with Crippen molar-refractivity contribution in [3.8, 4) is 22.6 Å². The number of hydrogen-bond donors (Lipinski definition) is 1. The lowest BCUT2D eigenvalue weighted by atomic mass is 9.81. The zero-order valence-corrected chi connectivity index (χ0v) is 22.3. The van der Waals surface area contributed by atoms with Crippen molar-refractivity contribution in [3.05, 3.63) is 83.9 Å². The van der Waals surface area contributed by atoms with Crippen LogP contribution in [0.2, 0.25) is 0 Å². The summed E-state index contributed by atoms with van der Waals surface area (Å²) in [4.78, 5) is 22.8. The maximum atomic E-state index is 12.2. The highest BCUT2D eigenvalue weighted by Gasteiger charge is 2.49. The summed E-state index contributed by atoms with van der Waals surface area (Å²) in [5.41, 5.74) is 8.91. The average molecular weight is 549 g/mol. The molecular weight excluding hydrogens is 520 g/mol. The number of nitrogens with two attached hydrogens (primary N) is 1. The van der Waals surface area contributed by atoms with Gasteiger partial charge in [0.05, 0.1) is 7.11 Å². The minimum atomic E-state index is -4.13. The number of ether oxygens (including phenoxy) is 2.